The SMILES string of the molecule is Fc1ccc2[nH]cc(CCNC(=NCc3cccs3)NCCc3ccco3)c2c1.I. The van der Waals surface area contributed by atoms with E-state index in [1.54, 1.807) is 29.7 Å². The first-order chi connectivity index (χ1) is 14.3. The maximum atomic E-state index is 13.6. The number of fused-ring (bicyclic) bond motifs is 1. The van der Waals surface area contributed by atoms with E-state index in [4.69, 9.17) is 4.42 Å². The second kappa shape index (κ2) is 11.2. The van der Waals surface area contributed by atoms with Gasteiger partial charge in [0.1, 0.15) is 11.6 Å². The number of guanidine groups is 1. The minimum absolute atomic E-state index is 0. The van der Waals surface area contributed by atoms with Gasteiger partial charge in [-0.2, -0.15) is 0 Å². The summed E-state index contributed by atoms with van der Waals surface area (Å²) in [5.74, 6) is 1.48. The van der Waals surface area contributed by atoms with Crippen molar-refractivity contribution in [3.63, 3.8) is 0 Å². The molecule has 0 radical (unpaired) electrons. The molecule has 0 amide bonds. The smallest absolute Gasteiger partial charge is 0.191 e. The average Bonchev–Trinajstić information content (AvgIpc) is 3.48. The van der Waals surface area contributed by atoms with E-state index in [1.165, 1.54) is 10.9 Å². The number of nitrogens with zero attached hydrogens (tertiary/aromatic N) is 1. The molecule has 4 aromatic rings. The van der Waals surface area contributed by atoms with Gasteiger partial charge in [0, 0.05) is 41.5 Å². The van der Waals surface area contributed by atoms with Crippen molar-refractivity contribution in [3.8, 4) is 0 Å². The van der Waals surface area contributed by atoms with Crippen molar-refractivity contribution >= 4 is 52.2 Å². The van der Waals surface area contributed by atoms with E-state index >= 15 is 0 Å². The van der Waals surface area contributed by atoms with Gasteiger partial charge < -0.3 is 20.0 Å². The van der Waals surface area contributed by atoms with Crippen LogP contribution in [0, 0.1) is 5.82 Å². The Bertz CT molecular complexity index is 1060. The highest BCUT2D eigenvalue weighted by Gasteiger charge is 2.06. The first-order valence-electron chi connectivity index (χ1n) is 9.60. The zero-order chi connectivity index (χ0) is 19.9. The maximum Gasteiger partial charge on any atom is 0.191 e. The fourth-order valence-electron chi connectivity index (χ4n) is 3.17. The van der Waals surface area contributed by atoms with Crippen molar-refractivity contribution in [1.29, 1.82) is 0 Å². The van der Waals surface area contributed by atoms with Crippen LogP contribution >= 0.6 is 35.3 Å². The molecule has 8 heteroatoms. The minimum Gasteiger partial charge on any atom is -0.469 e. The third kappa shape index (κ3) is 6.09. The van der Waals surface area contributed by atoms with E-state index in [1.807, 2.05) is 24.4 Å². The first kappa shape index (κ1) is 22.4. The van der Waals surface area contributed by atoms with Crippen molar-refractivity contribution in [2.24, 2.45) is 4.99 Å². The maximum absolute atomic E-state index is 13.6. The van der Waals surface area contributed by atoms with Crippen LogP contribution in [0.25, 0.3) is 10.9 Å². The number of furan rings is 1. The number of thiophene rings is 1. The van der Waals surface area contributed by atoms with Crippen LogP contribution in [0.1, 0.15) is 16.2 Å². The molecule has 0 saturated carbocycles. The molecule has 1 aromatic carbocycles. The van der Waals surface area contributed by atoms with Gasteiger partial charge in [-0.05, 0) is 53.8 Å². The summed E-state index contributed by atoms with van der Waals surface area (Å²) >= 11 is 1.69. The van der Waals surface area contributed by atoms with E-state index in [-0.39, 0.29) is 29.8 Å². The third-order valence-corrected chi connectivity index (χ3v) is 5.49. The monoisotopic (exact) mass is 538 g/mol. The summed E-state index contributed by atoms with van der Waals surface area (Å²) < 4.78 is 19.0. The van der Waals surface area contributed by atoms with Gasteiger partial charge in [-0.1, -0.05) is 6.07 Å². The number of hydrogen-bond acceptors (Lipinski definition) is 3. The van der Waals surface area contributed by atoms with Gasteiger partial charge in [-0.3, -0.25) is 0 Å². The fourth-order valence-corrected chi connectivity index (χ4v) is 3.79. The van der Waals surface area contributed by atoms with Gasteiger partial charge in [0.05, 0.1) is 12.8 Å². The van der Waals surface area contributed by atoms with E-state index in [0.717, 1.165) is 47.6 Å². The molecule has 0 bridgehead atoms. The highest BCUT2D eigenvalue weighted by atomic mass is 127. The van der Waals surface area contributed by atoms with Gasteiger partial charge in [0.15, 0.2) is 5.96 Å². The molecule has 3 aromatic heterocycles. The summed E-state index contributed by atoms with van der Waals surface area (Å²) in [5.41, 5.74) is 2.03. The highest BCUT2D eigenvalue weighted by Crippen LogP contribution is 2.19. The lowest BCUT2D eigenvalue weighted by atomic mass is 10.1. The van der Waals surface area contributed by atoms with Crippen molar-refractivity contribution in [2.75, 3.05) is 13.1 Å². The second-order valence-electron chi connectivity index (χ2n) is 6.68. The Morgan fingerprint density at radius 1 is 1.10 bits per heavy atom. The summed E-state index contributed by atoms with van der Waals surface area (Å²) in [7, 11) is 0. The van der Waals surface area contributed by atoms with Crippen molar-refractivity contribution in [3.05, 3.63) is 82.3 Å². The van der Waals surface area contributed by atoms with Crippen LogP contribution in [0.15, 0.2) is 69.7 Å². The van der Waals surface area contributed by atoms with E-state index in [0.29, 0.717) is 13.1 Å². The van der Waals surface area contributed by atoms with Crippen molar-refractivity contribution < 1.29 is 8.81 Å². The molecule has 0 atom stereocenters. The van der Waals surface area contributed by atoms with E-state index in [2.05, 4.69) is 32.1 Å². The van der Waals surface area contributed by atoms with Crippen LogP contribution in [-0.2, 0) is 19.4 Å². The molecule has 0 spiro atoms. The van der Waals surface area contributed by atoms with Gasteiger partial charge in [0.25, 0.3) is 0 Å². The van der Waals surface area contributed by atoms with Crippen molar-refractivity contribution in [2.45, 2.75) is 19.4 Å². The molecule has 0 aliphatic rings. The predicted molar refractivity (Wildman–Crippen MR) is 131 cm³/mol. The van der Waals surface area contributed by atoms with Gasteiger partial charge in [-0.15, -0.1) is 35.3 Å². The third-order valence-electron chi connectivity index (χ3n) is 4.63. The normalized spacial score (nSPS) is 11.4. The summed E-state index contributed by atoms with van der Waals surface area (Å²) in [6.07, 6.45) is 5.18. The Hall–Kier alpha value is -2.33. The van der Waals surface area contributed by atoms with Crippen LogP contribution in [0.3, 0.4) is 0 Å². The molecule has 0 aliphatic carbocycles. The van der Waals surface area contributed by atoms with Crippen LogP contribution in [0.4, 0.5) is 4.39 Å². The topological polar surface area (TPSA) is 65.3 Å². The lowest BCUT2D eigenvalue weighted by Gasteiger charge is -2.12. The minimum atomic E-state index is -0.218. The Balaban J connectivity index is 0.00000256. The molecule has 3 heterocycles. The molecule has 0 unspecified atom stereocenters. The van der Waals surface area contributed by atoms with Gasteiger partial charge >= 0.3 is 0 Å². The summed E-state index contributed by atoms with van der Waals surface area (Å²) in [6.45, 7) is 2.05. The molecule has 30 heavy (non-hydrogen) atoms. The molecule has 0 fully saturated rings. The number of aromatic amines is 1. The number of benzene rings is 1. The van der Waals surface area contributed by atoms with Gasteiger partial charge in [0.2, 0.25) is 0 Å². The quantitative estimate of drug-likeness (QED) is 0.166. The number of hydrogen-bond donors (Lipinski definition) is 3. The van der Waals surface area contributed by atoms with Crippen LogP contribution in [-0.4, -0.2) is 24.0 Å². The first-order valence-corrected chi connectivity index (χ1v) is 10.5. The fraction of sp³-hybridized carbons (Fsp3) is 0.227. The predicted octanol–water partition coefficient (Wildman–Crippen LogP) is 5.10. The van der Waals surface area contributed by atoms with Crippen LogP contribution in [0.5, 0.6) is 0 Å². The molecular formula is C22H24FIN4OS. The Labute approximate surface area is 195 Å². The molecule has 0 aliphatic heterocycles. The number of halogens is 2. The number of nitrogens with one attached hydrogen (secondary N) is 3. The lowest BCUT2D eigenvalue weighted by molar-refractivity contribution is 0.506. The molecule has 158 valence electrons. The van der Waals surface area contributed by atoms with E-state index in [9.17, 15) is 4.39 Å². The Morgan fingerprint density at radius 2 is 1.97 bits per heavy atom. The van der Waals surface area contributed by atoms with E-state index < -0.39 is 0 Å². The highest BCUT2D eigenvalue weighted by molar-refractivity contribution is 14.0. The zero-order valence-corrected chi connectivity index (χ0v) is 19.5. The average molecular weight is 538 g/mol. The Morgan fingerprint density at radius 3 is 2.73 bits per heavy atom. The number of rotatable bonds is 8. The van der Waals surface area contributed by atoms with Crippen LogP contribution in [0.2, 0.25) is 0 Å². The summed E-state index contributed by atoms with van der Waals surface area (Å²) in [4.78, 5) is 9.10. The number of aliphatic imine (C=N–C) groups is 1. The molecule has 3 N–H and O–H groups in total. The summed E-state index contributed by atoms with van der Waals surface area (Å²) in [6, 6.07) is 12.8. The lowest BCUT2D eigenvalue weighted by Crippen LogP contribution is -2.39. The largest absolute Gasteiger partial charge is 0.469 e. The molecule has 5 nitrogen and oxygen atoms in total. The Kier molecular flexibility index (Phi) is 8.32. The number of H-pyrrole nitrogens is 1. The molecule has 4 rings (SSSR count). The zero-order valence-electron chi connectivity index (χ0n) is 16.4. The van der Waals surface area contributed by atoms with Crippen molar-refractivity contribution in [1.82, 2.24) is 15.6 Å². The molecule has 0 saturated heterocycles. The number of aromatic nitrogens is 1. The van der Waals surface area contributed by atoms with Crippen LogP contribution < -0.4 is 10.6 Å². The standard InChI is InChI=1S/C22H23FN4OS.HI/c23-17-5-6-21-20(13-17)16(14-26-21)7-9-24-22(27-15-19-4-2-12-29-19)25-10-8-18-3-1-11-28-18;/h1-6,11-14,26H,7-10,15H2,(H2,24,25,27);1H. The summed E-state index contributed by atoms with van der Waals surface area (Å²) in [5, 5.41) is 9.73. The van der Waals surface area contributed by atoms with Gasteiger partial charge in [-0.25, -0.2) is 9.38 Å². The second-order valence-corrected chi connectivity index (χ2v) is 7.71. The molecular weight excluding hydrogens is 514 g/mol.